The highest BCUT2D eigenvalue weighted by atomic mass is 16.1. The van der Waals surface area contributed by atoms with E-state index in [1.807, 2.05) is 48.5 Å². The lowest BCUT2D eigenvalue weighted by Gasteiger charge is -2.21. The van der Waals surface area contributed by atoms with Gasteiger partial charge < -0.3 is 0 Å². The molecule has 3 aromatic rings. The Bertz CT molecular complexity index is 1290. The second kappa shape index (κ2) is 6.50. The topological polar surface area (TPSA) is 58.9 Å². The molecule has 0 unspecified atom stereocenters. The minimum Gasteiger partial charge on any atom is -0.289 e. The van der Waals surface area contributed by atoms with E-state index in [0.29, 0.717) is 28.7 Å². The van der Waals surface area contributed by atoms with E-state index >= 15 is 0 Å². The highest BCUT2D eigenvalue weighted by Gasteiger charge is 2.31. The molecule has 0 saturated carbocycles. The van der Waals surface area contributed by atoms with Gasteiger partial charge in [0.25, 0.3) is 5.91 Å². The molecule has 4 heteroatoms. The third-order valence-electron chi connectivity index (χ3n) is 5.15. The Hall–Kier alpha value is -3.66. The van der Waals surface area contributed by atoms with E-state index in [1.54, 1.807) is 24.3 Å². The van der Waals surface area contributed by atoms with Crippen LogP contribution in [0.3, 0.4) is 0 Å². The molecule has 0 radical (unpaired) electrons. The van der Waals surface area contributed by atoms with Crippen LogP contribution in [0, 0.1) is 0 Å². The molecule has 134 valence electrons. The molecule has 0 fully saturated rings. The summed E-state index contributed by atoms with van der Waals surface area (Å²) in [6.45, 7) is 0.484. The monoisotopic (exact) mass is 364 g/mol. The van der Waals surface area contributed by atoms with Crippen LogP contribution < -0.4 is 10.6 Å². The van der Waals surface area contributed by atoms with Crippen molar-refractivity contribution in [3.8, 4) is 0 Å². The van der Waals surface area contributed by atoms with Crippen molar-refractivity contribution in [1.82, 2.24) is 0 Å². The lowest BCUT2D eigenvalue weighted by atomic mass is 9.82. The molecule has 0 aromatic heterocycles. The predicted octanol–water partition coefficient (Wildman–Crippen LogP) is 2.27. The zero-order valence-electron chi connectivity index (χ0n) is 15.1. The van der Waals surface area contributed by atoms with Crippen molar-refractivity contribution >= 4 is 23.0 Å². The first-order valence-electron chi connectivity index (χ1n) is 9.23. The minimum atomic E-state index is -0.350. The third kappa shape index (κ3) is 2.54. The number of hydrogen-bond donors (Lipinski definition) is 0. The molecule has 0 atom stereocenters. The standard InChI is InChI=1S/C24H16N2O2/c27-23-17-10-5-4-9-16(17)21-20-18(23)11-6-12-19(20)26-24(28)22(21)25-14-13-15-7-2-1-3-8-15/h1-12H,13-14H2. The summed E-state index contributed by atoms with van der Waals surface area (Å²) in [6, 6.07) is 22.8. The van der Waals surface area contributed by atoms with Crippen LogP contribution in [0.25, 0.3) is 5.57 Å². The second-order valence-electron chi connectivity index (χ2n) is 6.83. The van der Waals surface area contributed by atoms with Gasteiger partial charge in [0, 0.05) is 28.5 Å². The van der Waals surface area contributed by atoms with E-state index in [9.17, 15) is 9.59 Å². The molecule has 0 N–H and O–H groups in total. The van der Waals surface area contributed by atoms with E-state index in [0.717, 1.165) is 28.3 Å². The lowest BCUT2D eigenvalue weighted by Crippen LogP contribution is -2.44. The number of carbonyl (C=O) groups is 2. The van der Waals surface area contributed by atoms with Gasteiger partial charge in [-0.25, -0.2) is 4.99 Å². The number of aliphatic imine (C=N–C) groups is 1. The first kappa shape index (κ1) is 16.5. The van der Waals surface area contributed by atoms with Gasteiger partial charge >= 0.3 is 0 Å². The van der Waals surface area contributed by atoms with Gasteiger partial charge in [0.1, 0.15) is 5.71 Å². The minimum absolute atomic E-state index is 0.0376. The van der Waals surface area contributed by atoms with Gasteiger partial charge in [-0.1, -0.05) is 66.7 Å². The average molecular weight is 364 g/mol. The number of rotatable bonds is 3. The van der Waals surface area contributed by atoms with E-state index in [1.165, 1.54) is 0 Å². The van der Waals surface area contributed by atoms with Gasteiger partial charge in [-0.15, -0.1) is 0 Å². The van der Waals surface area contributed by atoms with E-state index in [4.69, 9.17) is 0 Å². The zero-order valence-corrected chi connectivity index (χ0v) is 15.1. The first-order valence-corrected chi connectivity index (χ1v) is 9.23. The van der Waals surface area contributed by atoms with Crippen molar-refractivity contribution < 1.29 is 9.59 Å². The van der Waals surface area contributed by atoms with Crippen molar-refractivity contribution in [2.24, 2.45) is 9.98 Å². The quantitative estimate of drug-likeness (QED) is 0.716. The second-order valence-corrected chi connectivity index (χ2v) is 6.83. The normalized spacial score (nSPS) is 15.9. The summed E-state index contributed by atoms with van der Waals surface area (Å²) in [4.78, 5) is 34.6. The molecular weight excluding hydrogens is 348 g/mol. The van der Waals surface area contributed by atoms with Crippen molar-refractivity contribution in [2.75, 3.05) is 6.54 Å². The Morgan fingerprint density at radius 1 is 0.750 bits per heavy atom. The predicted molar refractivity (Wildman–Crippen MR) is 107 cm³/mol. The Kier molecular flexibility index (Phi) is 3.83. The van der Waals surface area contributed by atoms with E-state index in [-0.39, 0.29) is 11.7 Å². The molecule has 4 nitrogen and oxygen atoms in total. The summed E-state index contributed by atoms with van der Waals surface area (Å²) in [7, 11) is 0. The van der Waals surface area contributed by atoms with Crippen LogP contribution in [0.2, 0.25) is 0 Å². The van der Waals surface area contributed by atoms with Gasteiger partial charge in [-0.2, -0.15) is 0 Å². The maximum Gasteiger partial charge on any atom is 0.296 e. The molecule has 2 aliphatic rings. The molecule has 1 aliphatic carbocycles. The molecule has 0 spiro atoms. The van der Waals surface area contributed by atoms with E-state index < -0.39 is 0 Å². The van der Waals surface area contributed by atoms with Crippen molar-refractivity contribution in [3.63, 3.8) is 0 Å². The summed E-state index contributed by atoms with van der Waals surface area (Å²) in [5.74, 6) is -0.388. The van der Waals surface area contributed by atoms with Crippen molar-refractivity contribution in [2.45, 2.75) is 6.42 Å². The summed E-state index contributed by atoms with van der Waals surface area (Å²) in [6.07, 6.45) is 0.736. The van der Waals surface area contributed by atoms with Crippen LogP contribution in [0.5, 0.6) is 0 Å². The largest absolute Gasteiger partial charge is 0.296 e. The molecular formula is C24H16N2O2. The molecule has 0 saturated heterocycles. The number of fused-ring (bicyclic) bond motifs is 2. The Balaban J connectivity index is 1.70. The maximum atomic E-state index is 13.0. The van der Waals surface area contributed by atoms with Crippen molar-refractivity contribution in [3.05, 3.63) is 106 Å². The zero-order chi connectivity index (χ0) is 19.1. The van der Waals surface area contributed by atoms with Crippen LogP contribution in [0.15, 0.2) is 82.8 Å². The van der Waals surface area contributed by atoms with Gasteiger partial charge in [0.05, 0.1) is 5.36 Å². The molecule has 5 rings (SSSR count). The third-order valence-corrected chi connectivity index (χ3v) is 5.15. The maximum absolute atomic E-state index is 13.0. The Morgan fingerprint density at radius 3 is 2.29 bits per heavy atom. The van der Waals surface area contributed by atoms with Crippen LogP contribution in [0.4, 0.5) is 0 Å². The number of amides is 1. The summed E-state index contributed by atoms with van der Waals surface area (Å²) < 4.78 is 0. The van der Waals surface area contributed by atoms with Crippen LogP contribution in [0.1, 0.15) is 27.0 Å². The van der Waals surface area contributed by atoms with Crippen LogP contribution in [-0.4, -0.2) is 23.9 Å². The van der Waals surface area contributed by atoms with Crippen LogP contribution >= 0.6 is 0 Å². The number of benzene rings is 3. The summed E-state index contributed by atoms with van der Waals surface area (Å²) in [5, 5.41) is 1.27. The first-order chi connectivity index (χ1) is 13.7. The molecule has 1 heterocycles. The summed E-state index contributed by atoms with van der Waals surface area (Å²) in [5.41, 5.74) is 4.18. The highest BCUT2D eigenvalue weighted by Crippen LogP contribution is 2.26. The lowest BCUT2D eigenvalue weighted by molar-refractivity contribution is -0.112. The van der Waals surface area contributed by atoms with Gasteiger partial charge in [-0.05, 0) is 23.6 Å². The van der Waals surface area contributed by atoms with Gasteiger partial charge in [0.2, 0.25) is 0 Å². The fraction of sp³-hybridized carbons (Fsp3) is 0.0833. The molecule has 1 aliphatic heterocycles. The summed E-state index contributed by atoms with van der Waals surface area (Å²) >= 11 is 0. The number of carbonyl (C=O) groups excluding carboxylic acids is 2. The number of hydrogen-bond acceptors (Lipinski definition) is 3. The molecule has 28 heavy (non-hydrogen) atoms. The highest BCUT2D eigenvalue weighted by molar-refractivity contribution is 6.57. The van der Waals surface area contributed by atoms with Crippen LogP contribution in [-0.2, 0) is 11.2 Å². The van der Waals surface area contributed by atoms with Gasteiger partial charge in [0.15, 0.2) is 5.78 Å². The average Bonchev–Trinajstić information content (AvgIpc) is 2.73. The molecule has 1 amide bonds. The Labute approximate surface area is 161 Å². The smallest absolute Gasteiger partial charge is 0.289 e. The fourth-order valence-corrected chi connectivity index (χ4v) is 3.87. The Morgan fingerprint density at radius 2 is 1.46 bits per heavy atom. The van der Waals surface area contributed by atoms with Crippen molar-refractivity contribution in [1.29, 1.82) is 0 Å². The van der Waals surface area contributed by atoms with Gasteiger partial charge in [-0.3, -0.25) is 14.6 Å². The number of nitrogens with zero attached hydrogens (tertiary/aromatic N) is 2. The number of ketones is 1. The molecule has 0 bridgehead atoms. The SMILES string of the molecule is O=C1N=c2cccc3c2=C(C1=NCCc1ccccc1)c1ccccc1C3=O. The molecule has 3 aromatic carbocycles. The van der Waals surface area contributed by atoms with E-state index in [2.05, 4.69) is 9.98 Å². The fourth-order valence-electron chi connectivity index (χ4n) is 3.87.